The summed E-state index contributed by atoms with van der Waals surface area (Å²) in [7, 11) is 0. The van der Waals surface area contributed by atoms with Crippen molar-refractivity contribution in [1.29, 1.82) is 5.26 Å². The van der Waals surface area contributed by atoms with Crippen molar-refractivity contribution in [3.05, 3.63) is 0 Å². The molecule has 1 nitrogen and oxygen atoms in total. The summed E-state index contributed by atoms with van der Waals surface area (Å²) in [5, 5.41) is 8.52. The molecule has 0 aromatic heterocycles. The second-order valence-corrected chi connectivity index (χ2v) is 6.92. The fourth-order valence-electron chi connectivity index (χ4n) is 4.31. The first-order chi connectivity index (χ1) is 9.83. The molecule has 2 saturated carbocycles. The van der Waals surface area contributed by atoms with E-state index >= 15 is 0 Å². The van der Waals surface area contributed by atoms with Crippen LogP contribution < -0.4 is 0 Å². The summed E-state index contributed by atoms with van der Waals surface area (Å²) in [5.74, 6) is 9.20. The van der Waals surface area contributed by atoms with E-state index in [9.17, 15) is 0 Å². The van der Waals surface area contributed by atoms with Crippen LogP contribution in [0.2, 0.25) is 0 Å². The predicted octanol–water partition coefficient (Wildman–Crippen LogP) is 5.32. The van der Waals surface area contributed by atoms with Crippen LogP contribution in [0.5, 0.6) is 0 Å². The number of hydrogen-bond donors (Lipinski definition) is 0. The highest BCUT2D eigenvalue weighted by atomic mass is 14.3. The zero-order valence-corrected chi connectivity index (χ0v) is 13.0. The average Bonchev–Trinajstić information content (AvgIpc) is 2.52. The molecule has 0 atom stereocenters. The van der Waals surface area contributed by atoms with Gasteiger partial charge in [-0.3, -0.25) is 0 Å². The topological polar surface area (TPSA) is 23.8 Å². The van der Waals surface area contributed by atoms with E-state index in [1.54, 1.807) is 0 Å². The van der Waals surface area contributed by atoms with Gasteiger partial charge in [-0.2, -0.15) is 5.26 Å². The molecule has 0 spiro atoms. The highest BCUT2D eigenvalue weighted by molar-refractivity contribution is 5.18. The van der Waals surface area contributed by atoms with Gasteiger partial charge in [0, 0.05) is 11.8 Å². The molecule has 0 heterocycles. The van der Waals surface area contributed by atoms with Crippen molar-refractivity contribution < 1.29 is 0 Å². The quantitative estimate of drug-likeness (QED) is 0.635. The summed E-state index contributed by atoms with van der Waals surface area (Å²) >= 11 is 0. The Bertz CT molecular complexity index is 365. The molecule has 110 valence electrons. The Morgan fingerprint density at radius 2 is 1.50 bits per heavy atom. The molecule has 2 fully saturated rings. The summed E-state index contributed by atoms with van der Waals surface area (Å²) < 4.78 is 0. The first-order valence-electron chi connectivity index (χ1n) is 8.73. The summed E-state index contributed by atoms with van der Waals surface area (Å²) in [6.07, 6.45) is 15.4. The van der Waals surface area contributed by atoms with Gasteiger partial charge >= 0.3 is 0 Å². The minimum Gasteiger partial charge on any atom is -0.183 e. The lowest BCUT2D eigenvalue weighted by Crippen LogP contribution is -2.25. The van der Waals surface area contributed by atoms with Crippen LogP contribution in [0.3, 0.4) is 0 Å². The van der Waals surface area contributed by atoms with Crippen molar-refractivity contribution in [2.45, 2.75) is 77.6 Å². The van der Waals surface area contributed by atoms with Gasteiger partial charge < -0.3 is 0 Å². The van der Waals surface area contributed by atoms with Crippen molar-refractivity contribution in [1.82, 2.24) is 0 Å². The van der Waals surface area contributed by atoms with E-state index in [0.29, 0.717) is 5.92 Å². The van der Waals surface area contributed by atoms with Crippen LogP contribution in [0.15, 0.2) is 0 Å². The Labute approximate surface area is 125 Å². The molecule has 0 bridgehead atoms. The first-order valence-corrected chi connectivity index (χ1v) is 8.73. The molecule has 0 aromatic rings. The average molecular weight is 271 g/mol. The maximum Gasteiger partial charge on any atom is 0.152 e. The molecule has 2 aliphatic rings. The summed E-state index contributed by atoms with van der Waals surface area (Å²) in [4.78, 5) is 0. The highest BCUT2D eigenvalue weighted by Gasteiger charge is 2.30. The molecule has 1 heteroatoms. The second-order valence-electron chi connectivity index (χ2n) is 6.92. The van der Waals surface area contributed by atoms with E-state index in [0.717, 1.165) is 17.8 Å². The summed E-state index contributed by atoms with van der Waals surface area (Å²) in [5.41, 5.74) is 0. The third-order valence-corrected chi connectivity index (χ3v) is 5.63. The van der Waals surface area contributed by atoms with Crippen molar-refractivity contribution in [3.63, 3.8) is 0 Å². The molecule has 2 aliphatic carbocycles. The molecule has 0 N–H and O–H groups in total. The van der Waals surface area contributed by atoms with Gasteiger partial charge in [-0.1, -0.05) is 44.9 Å². The Morgan fingerprint density at radius 1 is 0.900 bits per heavy atom. The monoisotopic (exact) mass is 271 g/mol. The number of hydrogen-bond acceptors (Lipinski definition) is 1. The smallest absolute Gasteiger partial charge is 0.152 e. The van der Waals surface area contributed by atoms with Crippen LogP contribution in [-0.2, 0) is 0 Å². The van der Waals surface area contributed by atoms with Gasteiger partial charge in [0.2, 0.25) is 0 Å². The fraction of sp³-hybridized carbons (Fsp3) is 0.842. The van der Waals surface area contributed by atoms with Crippen LogP contribution in [0.1, 0.15) is 77.6 Å². The molecule has 0 unspecified atom stereocenters. The zero-order valence-electron chi connectivity index (χ0n) is 13.0. The Morgan fingerprint density at radius 3 is 2.05 bits per heavy atom. The lowest BCUT2D eigenvalue weighted by atomic mass is 9.69. The van der Waals surface area contributed by atoms with Gasteiger partial charge in [0.15, 0.2) is 6.07 Å². The van der Waals surface area contributed by atoms with Gasteiger partial charge in [-0.15, -0.1) is 0 Å². The number of unbranched alkanes of at least 4 members (excludes halogenated alkanes) is 1. The van der Waals surface area contributed by atoms with E-state index in [1.807, 2.05) is 6.07 Å². The normalized spacial score (nSPS) is 33.8. The molecular weight excluding hydrogens is 242 g/mol. The van der Waals surface area contributed by atoms with E-state index in [1.165, 1.54) is 70.6 Å². The lowest BCUT2D eigenvalue weighted by Gasteiger charge is -2.37. The number of nitriles is 1. The molecule has 0 saturated heterocycles. The van der Waals surface area contributed by atoms with E-state index < -0.39 is 0 Å². The SMILES string of the molecule is CCCCC1CCC(C2CCC(C#CC#N)CC2)CC1. The van der Waals surface area contributed by atoms with Crippen LogP contribution in [0.25, 0.3) is 0 Å². The van der Waals surface area contributed by atoms with Crippen molar-refractivity contribution >= 4 is 0 Å². The molecular formula is C19H29N. The predicted molar refractivity (Wildman–Crippen MR) is 83.8 cm³/mol. The molecule has 0 radical (unpaired) electrons. The van der Waals surface area contributed by atoms with Crippen LogP contribution in [0, 0.1) is 46.8 Å². The van der Waals surface area contributed by atoms with Gasteiger partial charge in [0.1, 0.15) is 0 Å². The molecule has 0 aliphatic heterocycles. The summed E-state index contributed by atoms with van der Waals surface area (Å²) in [6, 6.07) is 1.95. The van der Waals surface area contributed by atoms with Crippen LogP contribution in [-0.4, -0.2) is 0 Å². The molecule has 0 amide bonds. The maximum absolute atomic E-state index is 8.52. The number of rotatable bonds is 4. The van der Waals surface area contributed by atoms with Crippen molar-refractivity contribution in [2.24, 2.45) is 23.7 Å². The van der Waals surface area contributed by atoms with Crippen LogP contribution in [0.4, 0.5) is 0 Å². The molecule has 2 rings (SSSR count). The van der Waals surface area contributed by atoms with Crippen molar-refractivity contribution in [3.8, 4) is 17.9 Å². The molecule has 0 aromatic carbocycles. The highest BCUT2D eigenvalue weighted by Crippen LogP contribution is 2.42. The fourth-order valence-corrected chi connectivity index (χ4v) is 4.31. The van der Waals surface area contributed by atoms with Gasteiger partial charge in [0.25, 0.3) is 0 Å². The van der Waals surface area contributed by atoms with Gasteiger partial charge in [-0.25, -0.2) is 0 Å². The van der Waals surface area contributed by atoms with Gasteiger partial charge in [-0.05, 0) is 56.3 Å². The Kier molecular flexibility index (Phi) is 6.46. The third kappa shape index (κ3) is 4.56. The lowest BCUT2D eigenvalue weighted by molar-refractivity contribution is 0.153. The van der Waals surface area contributed by atoms with Crippen LogP contribution >= 0.6 is 0 Å². The Balaban J connectivity index is 1.69. The first kappa shape index (κ1) is 15.4. The standard InChI is InChI=1S/C19H29N/c1-2-3-5-16-7-11-18(12-8-16)19-13-9-17(10-14-19)6-4-15-20/h16-19H,2-3,5,7-14H2,1H3. The van der Waals surface area contributed by atoms with Gasteiger partial charge in [0.05, 0.1) is 0 Å². The number of nitrogens with zero attached hydrogens (tertiary/aromatic N) is 1. The third-order valence-electron chi connectivity index (χ3n) is 5.63. The van der Waals surface area contributed by atoms with E-state index in [-0.39, 0.29) is 0 Å². The molecule has 20 heavy (non-hydrogen) atoms. The minimum absolute atomic E-state index is 0.506. The largest absolute Gasteiger partial charge is 0.183 e. The minimum atomic E-state index is 0.506. The van der Waals surface area contributed by atoms with E-state index in [4.69, 9.17) is 5.26 Å². The second kappa shape index (κ2) is 8.36. The summed E-state index contributed by atoms with van der Waals surface area (Å²) in [6.45, 7) is 2.30. The zero-order chi connectivity index (χ0) is 14.2. The Hall–Kier alpha value is -0.950. The van der Waals surface area contributed by atoms with E-state index in [2.05, 4.69) is 18.8 Å². The maximum atomic E-state index is 8.52. The van der Waals surface area contributed by atoms with Crippen molar-refractivity contribution in [2.75, 3.05) is 0 Å².